The highest BCUT2D eigenvalue weighted by molar-refractivity contribution is 6.05. The predicted molar refractivity (Wildman–Crippen MR) is 105 cm³/mol. The third kappa shape index (κ3) is 4.68. The van der Waals surface area contributed by atoms with E-state index in [0.29, 0.717) is 36.6 Å². The zero-order valence-electron chi connectivity index (χ0n) is 15.6. The number of ether oxygens (including phenoxy) is 1. The Hall–Kier alpha value is -3.35. The van der Waals surface area contributed by atoms with E-state index < -0.39 is 5.97 Å². The molecule has 7 heteroatoms. The topological polar surface area (TPSA) is 95.9 Å². The number of amides is 2. The molecule has 1 heterocycles. The van der Waals surface area contributed by atoms with Crippen molar-refractivity contribution in [3.63, 3.8) is 0 Å². The molecule has 0 saturated carbocycles. The van der Waals surface area contributed by atoms with Gasteiger partial charge in [-0.1, -0.05) is 0 Å². The van der Waals surface area contributed by atoms with Crippen molar-refractivity contribution < 1.29 is 24.2 Å². The first-order chi connectivity index (χ1) is 13.4. The molecule has 0 aliphatic carbocycles. The van der Waals surface area contributed by atoms with Crippen molar-refractivity contribution in [3.8, 4) is 5.75 Å². The molecule has 0 fully saturated rings. The fourth-order valence-corrected chi connectivity index (χ4v) is 3.12. The SMILES string of the molecule is CC(=O)N1CCc2cc(C(=O)Nc3ccc(OCCCC(=O)O)cc3)ccc21. The average Bonchev–Trinajstić information content (AvgIpc) is 3.10. The smallest absolute Gasteiger partial charge is 0.303 e. The summed E-state index contributed by atoms with van der Waals surface area (Å²) in [5, 5.41) is 11.4. The van der Waals surface area contributed by atoms with Gasteiger partial charge in [0.15, 0.2) is 0 Å². The molecular weight excluding hydrogens is 360 g/mol. The van der Waals surface area contributed by atoms with Crippen LogP contribution < -0.4 is 15.0 Å². The lowest BCUT2D eigenvalue weighted by atomic mass is 10.1. The standard InChI is InChI=1S/C21H22N2O5/c1-14(24)23-11-10-15-13-16(4-9-19(15)23)21(27)22-17-5-7-18(8-6-17)28-12-2-3-20(25)26/h4-9,13H,2-3,10-12H2,1H3,(H,22,27)(H,25,26). The maximum Gasteiger partial charge on any atom is 0.303 e. The minimum atomic E-state index is -0.845. The van der Waals surface area contributed by atoms with Gasteiger partial charge in [0, 0.05) is 36.8 Å². The number of hydrogen-bond acceptors (Lipinski definition) is 4. The fraction of sp³-hybridized carbons (Fsp3) is 0.286. The molecule has 0 unspecified atom stereocenters. The molecule has 0 radical (unpaired) electrons. The number of benzene rings is 2. The van der Waals surface area contributed by atoms with E-state index in [1.165, 1.54) is 6.92 Å². The Kier molecular flexibility index (Phi) is 5.93. The molecule has 28 heavy (non-hydrogen) atoms. The van der Waals surface area contributed by atoms with Crippen LogP contribution in [0.2, 0.25) is 0 Å². The quantitative estimate of drug-likeness (QED) is 0.718. The van der Waals surface area contributed by atoms with E-state index >= 15 is 0 Å². The summed E-state index contributed by atoms with van der Waals surface area (Å²) in [7, 11) is 0. The number of rotatable bonds is 7. The lowest BCUT2D eigenvalue weighted by molar-refractivity contribution is -0.137. The second kappa shape index (κ2) is 8.56. The van der Waals surface area contributed by atoms with Crippen molar-refractivity contribution >= 4 is 29.2 Å². The van der Waals surface area contributed by atoms with Crippen LogP contribution in [0.1, 0.15) is 35.7 Å². The van der Waals surface area contributed by atoms with Crippen LogP contribution in [0.5, 0.6) is 5.75 Å². The number of carbonyl (C=O) groups is 3. The van der Waals surface area contributed by atoms with Crippen LogP contribution >= 0.6 is 0 Å². The number of hydrogen-bond donors (Lipinski definition) is 2. The van der Waals surface area contributed by atoms with Crippen molar-refractivity contribution in [3.05, 3.63) is 53.6 Å². The van der Waals surface area contributed by atoms with Crippen LogP contribution in [0.4, 0.5) is 11.4 Å². The van der Waals surface area contributed by atoms with Gasteiger partial charge in [0.1, 0.15) is 5.75 Å². The van der Waals surface area contributed by atoms with E-state index in [1.54, 1.807) is 35.2 Å². The molecule has 0 saturated heterocycles. The first-order valence-corrected chi connectivity index (χ1v) is 9.11. The molecule has 2 amide bonds. The normalized spacial score (nSPS) is 12.4. The highest BCUT2D eigenvalue weighted by Crippen LogP contribution is 2.29. The number of anilines is 2. The molecule has 146 valence electrons. The van der Waals surface area contributed by atoms with Crippen molar-refractivity contribution in [1.82, 2.24) is 0 Å². The summed E-state index contributed by atoms with van der Waals surface area (Å²) in [6.07, 6.45) is 1.25. The van der Waals surface area contributed by atoms with Crippen molar-refractivity contribution in [1.29, 1.82) is 0 Å². The summed E-state index contributed by atoms with van der Waals surface area (Å²) in [5.41, 5.74) is 3.04. The molecule has 0 bridgehead atoms. The molecule has 0 spiro atoms. The van der Waals surface area contributed by atoms with Gasteiger partial charge >= 0.3 is 5.97 Å². The summed E-state index contributed by atoms with van der Waals surface area (Å²) in [5.74, 6) is -0.451. The van der Waals surface area contributed by atoms with Crippen molar-refractivity contribution in [2.45, 2.75) is 26.2 Å². The van der Waals surface area contributed by atoms with E-state index in [0.717, 1.165) is 17.7 Å². The van der Waals surface area contributed by atoms with E-state index in [-0.39, 0.29) is 18.2 Å². The third-order valence-corrected chi connectivity index (χ3v) is 4.53. The third-order valence-electron chi connectivity index (χ3n) is 4.53. The molecule has 3 rings (SSSR count). The number of carboxylic acid groups (broad SMARTS) is 1. The van der Waals surface area contributed by atoms with Gasteiger partial charge in [0.2, 0.25) is 5.91 Å². The Balaban J connectivity index is 1.58. The van der Waals surface area contributed by atoms with Gasteiger partial charge in [0.05, 0.1) is 6.61 Å². The Morgan fingerprint density at radius 3 is 2.57 bits per heavy atom. The lowest BCUT2D eigenvalue weighted by Crippen LogP contribution is -2.25. The van der Waals surface area contributed by atoms with Crippen LogP contribution in [-0.2, 0) is 16.0 Å². The molecule has 0 aromatic heterocycles. The summed E-state index contributed by atoms with van der Waals surface area (Å²) >= 11 is 0. The summed E-state index contributed by atoms with van der Waals surface area (Å²) in [6, 6.07) is 12.3. The van der Waals surface area contributed by atoms with Crippen molar-refractivity contribution in [2.75, 3.05) is 23.4 Å². The molecule has 2 N–H and O–H groups in total. The van der Waals surface area contributed by atoms with Crippen LogP contribution in [0.25, 0.3) is 0 Å². The van der Waals surface area contributed by atoms with E-state index in [1.807, 2.05) is 12.1 Å². The Morgan fingerprint density at radius 2 is 1.89 bits per heavy atom. The van der Waals surface area contributed by atoms with Gasteiger partial charge in [-0.2, -0.15) is 0 Å². The van der Waals surface area contributed by atoms with E-state index in [4.69, 9.17) is 9.84 Å². The largest absolute Gasteiger partial charge is 0.494 e. The van der Waals surface area contributed by atoms with Gasteiger partial charge in [-0.15, -0.1) is 0 Å². The molecule has 2 aromatic carbocycles. The number of aliphatic carboxylic acids is 1. The van der Waals surface area contributed by atoms with E-state index in [2.05, 4.69) is 5.32 Å². The van der Waals surface area contributed by atoms with Gasteiger partial charge < -0.3 is 20.1 Å². The Morgan fingerprint density at radius 1 is 1.14 bits per heavy atom. The molecule has 1 aliphatic rings. The minimum absolute atomic E-state index is 0.00113. The fourth-order valence-electron chi connectivity index (χ4n) is 3.12. The number of carbonyl (C=O) groups excluding carboxylic acids is 2. The number of nitrogens with zero attached hydrogens (tertiary/aromatic N) is 1. The highest BCUT2D eigenvalue weighted by Gasteiger charge is 2.23. The molecular formula is C21H22N2O5. The molecule has 7 nitrogen and oxygen atoms in total. The summed E-state index contributed by atoms with van der Waals surface area (Å²) in [4.78, 5) is 36.3. The molecule has 0 atom stereocenters. The van der Waals surface area contributed by atoms with Crippen LogP contribution in [0, 0.1) is 0 Å². The minimum Gasteiger partial charge on any atom is -0.494 e. The summed E-state index contributed by atoms with van der Waals surface area (Å²) in [6.45, 7) is 2.50. The predicted octanol–water partition coefficient (Wildman–Crippen LogP) is 3.09. The number of nitrogens with one attached hydrogen (secondary N) is 1. The van der Waals surface area contributed by atoms with Crippen LogP contribution in [0.15, 0.2) is 42.5 Å². The van der Waals surface area contributed by atoms with Gasteiger partial charge in [-0.25, -0.2) is 0 Å². The van der Waals surface area contributed by atoms with Gasteiger partial charge in [-0.05, 0) is 60.9 Å². The maximum atomic E-state index is 12.5. The summed E-state index contributed by atoms with van der Waals surface area (Å²) < 4.78 is 5.47. The Bertz CT molecular complexity index is 892. The monoisotopic (exact) mass is 382 g/mol. The second-order valence-corrected chi connectivity index (χ2v) is 6.59. The first kappa shape index (κ1) is 19.4. The van der Waals surface area contributed by atoms with E-state index in [9.17, 15) is 14.4 Å². The van der Waals surface area contributed by atoms with Gasteiger partial charge in [0.25, 0.3) is 5.91 Å². The first-order valence-electron chi connectivity index (χ1n) is 9.11. The van der Waals surface area contributed by atoms with Crippen LogP contribution in [0.3, 0.4) is 0 Å². The highest BCUT2D eigenvalue weighted by atomic mass is 16.5. The van der Waals surface area contributed by atoms with Crippen molar-refractivity contribution in [2.24, 2.45) is 0 Å². The zero-order valence-corrected chi connectivity index (χ0v) is 15.6. The molecule has 2 aromatic rings. The number of fused-ring (bicyclic) bond motifs is 1. The Labute approximate surface area is 162 Å². The van der Waals surface area contributed by atoms with Gasteiger partial charge in [-0.3, -0.25) is 14.4 Å². The number of carboxylic acids is 1. The maximum absolute atomic E-state index is 12.5. The molecule has 1 aliphatic heterocycles. The van der Waals surface area contributed by atoms with Crippen LogP contribution in [-0.4, -0.2) is 36.0 Å². The zero-order chi connectivity index (χ0) is 20.1. The lowest BCUT2D eigenvalue weighted by Gasteiger charge is -2.14. The average molecular weight is 382 g/mol. The second-order valence-electron chi connectivity index (χ2n) is 6.59.